The highest BCUT2D eigenvalue weighted by atomic mass is 14.4. The zero-order valence-corrected chi connectivity index (χ0v) is 7.43. The highest BCUT2D eigenvalue weighted by Gasteiger charge is 2.36. The molecule has 1 aliphatic rings. The van der Waals surface area contributed by atoms with Crippen molar-refractivity contribution in [2.45, 2.75) is 40.0 Å². The van der Waals surface area contributed by atoms with Crippen LogP contribution >= 0.6 is 0 Å². The van der Waals surface area contributed by atoms with Gasteiger partial charge in [0, 0.05) is 0 Å². The van der Waals surface area contributed by atoms with E-state index in [1.807, 2.05) is 0 Å². The van der Waals surface area contributed by atoms with Gasteiger partial charge in [-0.15, -0.1) is 0 Å². The molecule has 0 aromatic heterocycles. The highest BCUT2D eigenvalue weighted by Crippen LogP contribution is 2.44. The molecular formula is C10H19. The maximum atomic E-state index is 2.55. The number of hydrogen-bond donors (Lipinski definition) is 0. The van der Waals surface area contributed by atoms with Gasteiger partial charge < -0.3 is 0 Å². The van der Waals surface area contributed by atoms with Crippen molar-refractivity contribution in [2.24, 2.45) is 17.8 Å². The van der Waals surface area contributed by atoms with E-state index in [2.05, 4.69) is 27.2 Å². The van der Waals surface area contributed by atoms with Gasteiger partial charge in [0.15, 0.2) is 0 Å². The van der Waals surface area contributed by atoms with Gasteiger partial charge in [-0.1, -0.05) is 40.0 Å². The molecule has 0 aliphatic heterocycles. The van der Waals surface area contributed by atoms with Gasteiger partial charge >= 0.3 is 0 Å². The van der Waals surface area contributed by atoms with Crippen molar-refractivity contribution in [3.05, 3.63) is 6.42 Å². The largest absolute Gasteiger partial charge is 0.0651 e. The summed E-state index contributed by atoms with van der Waals surface area (Å²) in [5.74, 6) is 2.93. The Morgan fingerprint density at radius 3 is 1.70 bits per heavy atom. The predicted molar refractivity (Wildman–Crippen MR) is 45.6 cm³/mol. The third-order valence-electron chi connectivity index (χ3n) is 3.01. The Hall–Kier alpha value is 0. The second-order valence-corrected chi connectivity index (χ2v) is 3.41. The van der Waals surface area contributed by atoms with Crippen LogP contribution in [0.5, 0.6) is 0 Å². The van der Waals surface area contributed by atoms with Crippen molar-refractivity contribution in [3.8, 4) is 0 Å². The summed E-state index contributed by atoms with van der Waals surface area (Å²) in [6.07, 6.45) is 6.64. The summed E-state index contributed by atoms with van der Waals surface area (Å²) in [4.78, 5) is 0. The smallest absolute Gasteiger partial charge is 0.0318 e. The lowest BCUT2D eigenvalue weighted by molar-refractivity contribution is 0.145. The van der Waals surface area contributed by atoms with Gasteiger partial charge in [0.1, 0.15) is 0 Å². The van der Waals surface area contributed by atoms with Crippen molar-refractivity contribution in [1.82, 2.24) is 0 Å². The summed E-state index contributed by atoms with van der Waals surface area (Å²) >= 11 is 0. The average molecular weight is 139 g/mol. The van der Waals surface area contributed by atoms with Crippen molar-refractivity contribution >= 4 is 0 Å². The fourth-order valence-electron chi connectivity index (χ4n) is 2.26. The maximum Gasteiger partial charge on any atom is -0.0318 e. The van der Waals surface area contributed by atoms with Crippen LogP contribution in [-0.2, 0) is 0 Å². The number of hydrogen-bond acceptors (Lipinski definition) is 0. The lowest BCUT2D eigenvalue weighted by Crippen LogP contribution is -2.36. The first-order valence-electron chi connectivity index (χ1n) is 4.68. The minimum Gasteiger partial charge on any atom is -0.0651 e. The Balaban J connectivity index is 2.30. The fourth-order valence-corrected chi connectivity index (χ4v) is 2.26. The molecule has 0 aromatic carbocycles. The summed E-state index contributed by atoms with van der Waals surface area (Å²) < 4.78 is 0. The normalized spacial score (nSPS) is 39.3. The average Bonchev–Trinajstić information content (AvgIpc) is 1.89. The van der Waals surface area contributed by atoms with E-state index >= 15 is 0 Å². The Bertz CT molecular complexity index is 86.2. The molecule has 59 valence electrons. The number of rotatable bonds is 3. The van der Waals surface area contributed by atoms with E-state index in [0.717, 1.165) is 17.8 Å². The molecular weight excluding hydrogens is 120 g/mol. The standard InChI is InChI=1S/C10H19/c1-4-8-7-9(5-2)10(8)6-3/h7-10H,4-6H2,1-3H3. The van der Waals surface area contributed by atoms with Crippen LogP contribution in [0.25, 0.3) is 0 Å². The van der Waals surface area contributed by atoms with E-state index in [1.54, 1.807) is 0 Å². The molecule has 0 nitrogen and oxygen atoms in total. The minimum atomic E-state index is 0.954. The lowest BCUT2D eigenvalue weighted by atomic mass is 9.62. The van der Waals surface area contributed by atoms with Crippen LogP contribution in [0.4, 0.5) is 0 Å². The van der Waals surface area contributed by atoms with Gasteiger partial charge in [-0.05, 0) is 24.2 Å². The van der Waals surface area contributed by atoms with E-state index in [-0.39, 0.29) is 0 Å². The van der Waals surface area contributed by atoms with Gasteiger partial charge in [0.25, 0.3) is 0 Å². The molecule has 10 heavy (non-hydrogen) atoms. The van der Waals surface area contributed by atoms with Gasteiger partial charge in [-0.25, -0.2) is 0 Å². The molecule has 2 atom stereocenters. The van der Waals surface area contributed by atoms with E-state index < -0.39 is 0 Å². The van der Waals surface area contributed by atoms with E-state index in [4.69, 9.17) is 0 Å². The van der Waals surface area contributed by atoms with Crippen molar-refractivity contribution in [1.29, 1.82) is 0 Å². The van der Waals surface area contributed by atoms with Crippen LogP contribution in [0, 0.1) is 24.2 Å². The molecule has 0 aromatic rings. The summed E-state index contributed by atoms with van der Waals surface area (Å²) in [6.45, 7) is 6.92. The van der Waals surface area contributed by atoms with E-state index in [1.165, 1.54) is 19.3 Å². The maximum absolute atomic E-state index is 2.55. The minimum absolute atomic E-state index is 0.954. The summed E-state index contributed by atoms with van der Waals surface area (Å²) in [6, 6.07) is 0. The van der Waals surface area contributed by atoms with Crippen LogP contribution in [-0.4, -0.2) is 0 Å². The van der Waals surface area contributed by atoms with E-state index in [9.17, 15) is 0 Å². The Morgan fingerprint density at radius 1 is 0.900 bits per heavy atom. The van der Waals surface area contributed by atoms with Gasteiger partial charge in [-0.2, -0.15) is 0 Å². The first-order chi connectivity index (χ1) is 4.83. The van der Waals surface area contributed by atoms with Crippen LogP contribution in [0.15, 0.2) is 0 Å². The fraction of sp³-hybridized carbons (Fsp3) is 0.900. The molecule has 0 bridgehead atoms. The molecule has 0 N–H and O–H groups in total. The molecule has 1 saturated carbocycles. The Kier molecular flexibility index (Phi) is 2.76. The van der Waals surface area contributed by atoms with Gasteiger partial charge in [0.05, 0.1) is 0 Å². The third kappa shape index (κ3) is 1.21. The summed E-state index contributed by atoms with van der Waals surface area (Å²) in [5.41, 5.74) is 0. The second kappa shape index (κ2) is 3.41. The molecule has 1 fully saturated rings. The molecule has 0 heteroatoms. The van der Waals surface area contributed by atoms with Crippen molar-refractivity contribution in [3.63, 3.8) is 0 Å². The predicted octanol–water partition coefficient (Wildman–Crippen LogP) is 3.28. The van der Waals surface area contributed by atoms with Crippen LogP contribution in [0.1, 0.15) is 40.0 Å². The van der Waals surface area contributed by atoms with Crippen LogP contribution < -0.4 is 0 Å². The molecule has 2 unspecified atom stereocenters. The molecule has 0 saturated heterocycles. The summed E-state index contributed by atoms with van der Waals surface area (Å²) in [7, 11) is 0. The van der Waals surface area contributed by atoms with Gasteiger partial charge in [-0.3, -0.25) is 0 Å². The lowest BCUT2D eigenvalue weighted by Gasteiger charge is -2.43. The van der Waals surface area contributed by atoms with Crippen LogP contribution in [0.3, 0.4) is 0 Å². The van der Waals surface area contributed by atoms with Gasteiger partial charge in [0.2, 0.25) is 0 Å². The third-order valence-corrected chi connectivity index (χ3v) is 3.01. The zero-order chi connectivity index (χ0) is 7.56. The van der Waals surface area contributed by atoms with Crippen LogP contribution in [0.2, 0.25) is 0 Å². The second-order valence-electron chi connectivity index (χ2n) is 3.41. The molecule has 1 aliphatic carbocycles. The highest BCUT2D eigenvalue weighted by molar-refractivity contribution is 5.01. The van der Waals surface area contributed by atoms with E-state index in [0.29, 0.717) is 0 Å². The molecule has 0 heterocycles. The SMILES string of the molecule is CCC1[CH]C(CC)C1CC. The first-order valence-corrected chi connectivity index (χ1v) is 4.68. The first kappa shape index (κ1) is 8.10. The quantitative estimate of drug-likeness (QED) is 0.563. The Labute approximate surface area is 65.0 Å². The zero-order valence-electron chi connectivity index (χ0n) is 7.43. The molecule has 1 rings (SSSR count). The molecule has 0 amide bonds. The topological polar surface area (TPSA) is 0 Å². The summed E-state index contributed by atoms with van der Waals surface area (Å²) in [5, 5.41) is 0. The molecule has 0 spiro atoms. The monoisotopic (exact) mass is 139 g/mol. The molecule has 1 radical (unpaired) electrons. The Morgan fingerprint density at radius 2 is 1.40 bits per heavy atom. The van der Waals surface area contributed by atoms with Crippen molar-refractivity contribution < 1.29 is 0 Å². The van der Waals surface area contributed by atoms with Crippen molar-refractivity contribution in [2.75, 3.05) is 0 Å².